The summed E-state index contributed by atoms with van der Waals surface area (Å²) in [5.41, 5.74) is 2.23. The van der Waals surface area contributed by atoms with E-state index in [-0.39, 0.29) is 25.2 Å². The number of aromatic nitrogens is 2. The normalized spacial score (nSPS) is 17.5. The Morgan fingerprint density at radius 1 is 1.35 bits per heavy atom. The third-order valence-electron chi connectivity index (χ3n) is 4.56. The highest BCUT2D eigenvalue weighted by Crippen LogP contribution is 2.17. The molecule has 1 unspecified atom stereocenters. The molecule has 1 saturated heterocycles. The molecule has 0 saturated carbocycles. The summed E-state index contributed by atoms with van der Waals surface area (Å²) in [5, 5.41) is 3.87. The molecule has 2 heterocycles. The summed E-state index contributed by atoms with van der Waals surface area (Å²) in [6.45, 7) is 3.99. The molecule has 0 radical (unpaired) electrons. The molecular weight excluding hydrogens is 334 g/mol. The van der Waals surface area contributed by atoms with Crippen LogP contribution in [0.5, 0.6) is 0 Å². The van der Waals surface area contributed by atoms with Crippen LogP contribution in [0, 0.1) is 6.92 Å². The summed E-state index contributed by atoms with van der Waals surface area (Å²) >= 11 is 0. The lowest BCUT2D eigenvalue weighted by Crippen LogP contribution is -2.43. The number of carbonyl (C=O) groups is 1. The molecule has 140 valence electrons. The average Bonchev–Trinajstić information content (AvgIpc) is 3.10. The first-order valence-corrected chi connectivity index (χ1v) is 8.90. The Hall–Kier alpha value is -2.25. The van der Waals surface area contributed by atoms with Crippen molar-refractivity contribution in [3.05, 3.63) is 47.1 Å². The highest BCUT2D eigenvalue weighted by molar-refractivity contribution is 5.79. The lowest BCUT2D eigenvalue weighted by Gasteiger charge is -2.32. The van der Waals surface area contributed by atoms with Gasteiger partial charge in [0.25, 0.3) is 5.89 Å². The molecule has 0 aliphatic carbocycles. The Labute approximate surface area is 153 Å². The molecule has 0 N–H and O–H groups in total. The monoisotopic (exact) mass is 359 g/mol. The van der Waals surface area contributed by atoms with E-state index in [2.05, 4.69) is 10.1 Å². The largest absolute Gasteiger partial charge is 0.375 e. The van der Waals surface area contributed by atoms with Gasteiger partial charge in [-0.15, -0.1) is 0 Å². The highest BCUT2D eigenvalue weighted by Gasteiger charge is 2.25. The van der Waals surface area contributed by atoms with Crippen molar-refractivity contribution in [1.29, 1.82) is 0 Å². The van der Waals surface area contributed by atoms with Crippen molar-refractivity contribution in [2.75, 3.05) is 20.2 Å². The number of carbonyl (C=O) groups excluding carboxylic acids is 1. The van der Waals surface area contributed by atoms with E-state index in [1.54, 1.807) is 7.11 Å². The van der Waals surface area contributed by atoms with Crippen LogP contribution in [0.4, 0.5) is 0 Å². The van der Waals surface area contributed by atoms with Gasteiger partial charge < -0.3 is 18.9 Å². The van der Waals surface area contributed by atoms with Crippen molar-refractivity contribution in [3.63, 3.8) is 0 Å². The van der Waals surface area contributed by atoms with Crippen LogP contribution in [-0.4, -0.2) is 47.3 Å². The minimum atomic E-state index is -0.00561. The van der Waals surface area contributed by atoms with Gasteiger partial charge in [-0.25, -0.2) is 0 Å². The predicted molar refractivity (Wildman–Crippen MR) is 94.3 cm³/mol. The summed E-state index contributed by atoms with van der Waals surface area (Å²) in [6, 6.07) is 8.01. The van der Waals surface area contributed by atoms with E-state index in [0.717, 1.165) is 30.5 Å². The van der Waals surface area contributed by atoms with Crippen molar-refractivity contribution in [3.8, 4) is 0 Å². The summed E-state index contributed by atoms with van der Waals surface area (Å²) in [7, 11) is 1.57. The maximum absolute atomic E-state index is 12.6. The number of nitrogens with zero attached hydrogens (tertiary/aromatic N) is 3. The van der Waals surface area contributed by atoms with E-state index in [0.29, 0.717) is 24.7 Å². The van der Waals surface area contributed by atoms with E-state index in [4.69, 9.17) is 14.0 Å². The molecule has 1 amide bonds. The molecule has 1 aliphatic heterocycles. The number of piperidine rings is 1. The molecule has 1 aromatic carbocycles. The minimum absolute atomic E-state index is 0.00561. The van der Waals surface area contributed by atoms with Crippen molar-refractivity contribution < 1.29 is 18.8 Å². The molecule has 1 atom stereocenters. The zero-order valence-electron chi connectivity index (χ0n) is 15.3. The van der Waals surface area contributed by atoms with Gasteiger partial charge in [-0.05, 0) is 30.9 Å². The first-order valence-electron chi connectivity index (χ1n) is 8.90. The van der Waals surface area contributed by atoms with Gasteiger partial charge in [-0.1, -0.05) is 29.4 Å². The van der Waals surface area contributed by atoms with Gasteiger partial charge in [-0.2, -0.15) is 4.98 Å². The molecule has 7 heteroatoms. The van der Waals surface area contributed by atoms with E-state index in [9.17, 15) is 4.79 Å². The first kappa shape index (κ1) is 18.5. The van der Waals surface area contributed by atoms with Crippen LogP contribution in [0.15, 0.2) is 28.8 Å². The van der Waals surface area contributed by atoms with Crippen LogP contribution < -0.4 is 0 Å². The minimum Gasteiger partial charge on any atom is -0.375 e. The zero-order chi connectivity index (χ0) is 18.4. The maximum Gasteiger partial charge on any atom is 0.252 e. The Balaban J connectivity index is 1.50. The number of hydrogen-bond acceptors (Lipinski definition) is 6. The van der Waals surface area contributed by atoms with Gasteiger partial charge in [0.2, 0.25) is 5.91 Å². The molecule has 26 heavy (non-hydrogen) atoms. The molecule has 7 nitrogen and oxygen atoms in total. The summed E-state index contributed by atoms with van der Waals surface area (Å²) in [6.07, 6.45) is 2.29. The molecule has 0 bridgehead atoms. The zero-order valence-corrected chi connectivity index (χ0v) is 15.3. The fraction of sp³-hybridized carbons (Fsp3) is 0.526. The molecule has 1 aliphatic rings. The topological polar surface area (TPSA) is 77.7 Å². The second kappa shape index (κ2) is 8.91. The molecule has 2 aromatic rings. The number of benzene rings is 1. The smallest absolute Gasteiger partial charge is 0.252 e. The van der Waals surface area contributed by atoms with Crippen LogP contribution in [-0.2, 0) is 33.9 Å². The van der Waals surface area contributed by atoms with Crippen LogP contribution in [0.25, 0.3) is 0 Å². The number of amides is 1. The summed E-state index contributed by atoms with van der Waals surface area (Å²) in [4.78, 5) is 18.7. The Bertz CT molecular complexity index is 731. The summed E-state index contributed by atoms with van der Waals surface area (Å²) < 4.78 is 15.9. The lowest BCUT2D eigenvalue weighted by atomic mass is 10.0. The van der Waals surface area contributed by atoms with Crippen molar-refractivity contribution in [2.45, 2.75) is 45.5 Å². The molecule has 1 fully saturated rings. The van der Waals surface area contributed by atoms with Gasteiger partial charge in [0.1, 0.15) is 13.2 Å². The third-order valence-corrected chi connectivity index (χ3v) is 4.56. The van der Waals surface area contributed by atoms with Crippen molar-refractivity contribution in [1.82, 2.24) is 15.0 Å². The quantitative estimate of drug-likeness (QED) is 0.755. The molecule has 3 rings (SSSR count). The van der Waals surface area contributed by atoms with Crippen LogP contribution in [0.1, 0.15) is 35.7 Å². The Kier molecular flexibility index (Phi) is 6.35. The number of aryl methyl sites for hydroxylation is 1. The SMILES string of the molecule is COCc1nc(COC2CCCN(C(=O)Cc3ccccc3C)C2)no1. The third kappa shape index (κ3) is 4.89. The molecular formula is C19H25N3O4. The van der Waals surface area contributed by atoms with E-state index in [1.165, 1.54) is 0 Å². The van der Waals surface area contributed by atoms with E-state index in [1.807, 2.05) is 36.1 Å². The van der Waals surface area contributed by atoms with Gasteiger partial charge >= 0.3 is 0 Å². The predicted octanol–water partition coefficient (Wildman–Crippen LogP) is 2.27. The number of methoxy groups -OCH3 is 1. The van der Waals surface area contributed by atoms with Gasteiger partial charge in [0.05, 0.1) is 12.5 Å². The fourth-order valence-electron chi connectivity index (χ4n) is 3.11. The lowest BCUT2D eigenvalue weighted by molar-refractivity contribution is -0.135. The molecule has 1 aromatic heterocycles. The second-order valence-electron chi connectivity index (χ2n) is 6.56. The number of rotatable bonds is 7. The van der Waals surface area contributed by atoms with Crippen LogP contribution in [0.3, 0.4) is 0 Å². The highest BCUT2D eigenvalue weighted by atomic mass is 16.5. The fourth-order valence-corrected chi connectivity index (χ4v) is 3.11. The average molecular weight is 359 g/mol. The van der Waals surface area contributed by atoms with Gasteiger partial charge in [0, 0.05) is 20.2 Å². The maximum atomic E-state index is 12.6. The van der Waals surface area contributed by atoms with Gasteiger partial charge in [0.15, 0.2) is 5.82 Å². The first-order chi connectivity index (χ1) is 12.7. The van der Waals surface area contributed by atoms with Crippen molar-refractivity contribution in [2.24, 2.45) is 0 Å². The van der Waals surface area contributed by atoms with E-state index >= 15 is 0 Å². The van der Waals surface area contributed by atoms with Gasteiger partial charge in [-0.3, -0.25) is 4.79 Å². The van der Waals surface area contributed by atoms with Crippen LogP contribution >= 0.6 is 0 Å². The Morgan fingerprint density at radius 3 is 3.00 bits per heavy atom. The number of likely N-dealkylation sites (tertiary alicyclic amines) is 1. The number of ether oxygens (including phenoxy) is 2. The van der Waals surface area contributed by atoms with Crippen molar-refractivity contribution >= 4 is 5.91 Å². The molecule has 0 spiro atoms. The van der Waals surface area contributed by atoms with E-state index < -0.39 is 0 Å². The second-order valence-corrected chi connectivity index (χ2v) is 6.56. The Morgan fingerprint density at radius 2 is 2.19 bits per heavy atom. The summed E-state index contributed by atoms with van der Waals surface area (Å²) in [5.74, 6) is 1.08. The standard InChI is InChI=1S/C19H25N3O4/c1-14-6-3-4-7-15(14)10-19(23)22-9-5-8-16(11-22)25-12-17-20-18(13-24-2)26-21-17/h3-4,6-7,16H,5,8-13H2,1-2H3. The number of hydrogen-bond donors (Lipinski definition) is 0. The van der Waals surface area contributed by atoms with Crippen LogP contribution in [0.2, 0.25) is 0 Å².